The number of nitrogens with one attached hydrogen (secondary N) is 4. The molecule has 9 heteroatoms. The van der Waals surface area contributed by atoms with Crippen molar-refractivity contribution < 1.29 is 18.9 Å². The van der Waals surface area contributed by atoms with Gasteiger partial charge in [0.05, 0.1) is 17.6 Å². The van der Waals surface area contributed by atoms with E-state index in [0.29, 0.717) is 36.8 Å². The highest BCUT2D eigenvalue weighted by Crippen LogP contribution is 2.65. The lowest BCUT2D eigenvalue weighted by molar-refractivity contribution is -0.199. The highest BCUT2D eigenvalue weighted by Gasteiger charge is 2.68. The zero-order valence-electron chi connectivity index (χ0n) is 19.6. The first-order valence-electron chi connectivity index (χ1n) is 11.5. The summed E-state index contributed by atoms with van der Waals surface area (Å²) < 4.78 is 13.0. The molecule has 4 fully saturated rings. The Bertz CT molecular complexity index is 758. The monoisotopic (exact) mass is 432 g/mol. The summed E-state index contributed by atoms with van der Waals surface area (Å²) in [6.07, 6.45) is 3.92. The Labute approximate surface area is 185 Å². The van der Waals surface area contributed by atoms with Gasteiger partial charge in [-0.15, -0.1) is 0 Å². The highest BCUT2D eigenvalue weighted by atomic mass is 16.7. The molecular formula is C22H37BN4O4. The van der Waals surface area contributed by atoms with Gasteiger partial charge in [0.15, 0.2) is 0 Å². The van der Waals surface area contributed by atoms with Gasteiger partial charge in [0, 0.05) is 6.21 Å². The van der Waals surface area contributed by atoms with Crippen molar-refractivity contribution in [2.45, 2.75) is 90.9 Å². The summed E-state index contributed by atoms with van der Waals surface area (Å²) in [4.78, 5) is 24.9. The van der Waals surface area contributed by atoms with Gasteiger partial charge >= 0.3 is 7.12 Å². The average Bonchev–Trinajstić information content (AvgIpc) is 3.07. The van der Waals surface area contributed by atoms with Crippen molar-refractivity contribution in [2.75, 3.05) is 0 Å². The van der Waals surface area contributed by atoms with Crippen molar-refractivity contribution in [2.24, 2.45) is 23.2 Å². The van der Waals surface area contributed by atoms with Crippen LogP contribution in [0.4, 0.5) is 0 Å². The normalized spacial score (nSPS) is 32.5. The molecule has 4 aliphatic rings. The van der Waals surface area contributed by atoms with Crippen molar-refractivity contribution in [3.8, 4) is 0 Å². The van der Waals surface area contributed by atoms with Crippen LogP contribution in [0.15, 0.2) is 0 Å². The van der Waals surface area contributed by atoms with Crippen LogP contribution in [-0.4, -0.2) is 54.5 Å². The van der Waals surface area contributed by atoms with Gasteiger partial charge < -0.3 is 25.4 Å². The molecule has 1 aliphatic heterocycles. The van der Waals surface area contributed by atoms with Crippen molar-refractivity contribution in [3.05, 3.63) is 0 Å². The van der Waals surface area contributed by atoms with Crippen LogP contribution in [0.25, 0.3) is 0 Å². The minimum atomic E-state index is -0.784. The summed E-state index contributed by atoms with van der Waals surface area (Å²) in [6, 6.07) is -0.784. The summed E-state index contributed by atoms with van der Waals surface area (Å²) in [5, 5.41) is 20.1. The maximum absolute atomic E-state index is 13.0. The van der Waals surface area contributed by atoms with Crippen LogP contribution < -0.4 is 10.6 Å². The fraction of sp³-hybridized carbons (Fsp3) is 0.818. The molecule has 0 aromatic heterocycles. The minimum Gasteiger partial charge on any atom is -0.404 e. The maximum Gasteiger partial charge on any atom is 0.481 e. The number of carbonyl (C=O) groups is 2. The van der Waals surface area contributed by atoms with Gasteiger partial charge in [-0.2, -0.15) is 0 Å². The summed E-state index contributed by atoms with van der Waals surface area (Å²) in [6.45, 7) is 12.8. The Morgan fingerprint density at radius 2 is 1.90 bits per heavy atom. The lowest BCUT2D eigenvalue weighted by atomic mass is 9.43. The standard InChI is InChI=1S/C22H37BN4O4/c1-7-15(26-19(28)14(25)11-24)20(29)27-18(8-12(2)3)23-30-17-10-13-9-16(21(13,4)5)22(17,6)31-23/h11-13,15-18,24-25H,7-10H2,1-6H3,(H,26,28)(H,27,29)/t13?,15-,16?,17+,18-,22-/m0/s1. The Kier molecular flexibility index (Phi) is 6.68. The van der Waals surface area contributed by atoms with Gasteiger partial charge in [-0.05, 0) is 55.8 Å². The van der Waals surface area contributed by atoms with E-state index >= 15 is 0 Å². The third kappa shape index (κ3) is 4.31. The summed E-state index contributed by atoms with van der Waals surface area (Å²) in [5.41, 5.74) is -0.580. The number of carbonyl (C=O) groups excluding carboxylic acids is 2. The van der Waals surface area contributed by atoms with E-state index in [9.17, 15) is 9.59 Å². The SMILES string of the molecule is CC[C@H](NC(=O)C(=N)C=N)C(=O)N[C@@H](CC(C)C)B1O[C@@H]2CC3CC(C3(C)C)[C@]2(C)O1. The van der Waals surface area contributed by atoms with Crippen LogP contribution in [0.1, 0.15) is 67.2 Å². The zero-order valence-corrected chi connectivity index (χ0v) is 19.6. The first-order chi connectivity index (χ1) is 14.4. The van der Waals surface area contributed by atoms with Gasteiger partial charge in [0.2, 0.25) is 5.91 Å². The largest absolute Gasteiger partial charge is 0.481 e. The molecule has 3 saturated carbocycles. The minimum absolute atomic E-state index is 0.0376. The van der Waals surface area contributed by atoms with Gasteiger partial charge in [0.1, 0.15) is 11.8 Å². The Morgan fingerprint density at radius 3 is 2.45 bits per heavy atom. The first-order valence-corrected chi connectivity index (χ1v) is 11.5. The smallest absolute Gasteiger partial charge is 0.404 e. The molecule has 2 unspecified atom stereocenters. The predicted molar refractivity (Wildman–Crippen MR) is 120 cm³/mol. The number of rotatable bonds is 9. The molecule has 1 saturated heterocycles. The number of amides is 2. The molecule has 1 heterocycles. The molecular weight excluding hydrogens is 395 g/mol. The molecule has 0 aromatic carbocycles. The molecule has 172 valence electrons. The van der Waals surface area contributed by atoms with Gasteiger partial charge in [-0.25, -0.2) is 0 Å². The van der Waals surface area contributed by atoms with E-state index in [1.165, 1.54) is 6.42 Å². The van der Waals surface area contributed by atoms with E-state index in [-0.39, 0.29) is 29.0 Å². The van der Waals surface area contributed by atoms with Crippen molar-refractivity contribution in [3.63, 3.8) is 0 Å². The van der Waals surface area contributed by atoms with Gasteiger partial charge in [-0.1, -0.05) is 34.6 Å². The van der Waals surface area contributed by atoms with Crippen LogP contribution >= 0.6 is 0 Å². The molecule has 4 N–H and O–H groups in total. The molecule has 6 atom stereocenters. The molecule has 2 bridgehead atoms. The summed E-state index contributed by atoms with van der Waals surface area (Å²) >= 11 is 0. The Hall–Kier alpha value is -1.74. The van der Waals surface area contributed by atoms with Crippen LogP contribution in [0.2, 0.25) is 0 Å². The Balaban J connectivity index is 1.71. The lowest BCUT2D eigenvalue weighted by Gasteiger charge is -2.64. The van der Waals surface area contributed by atoms with E-state index in [1.807, 2.05) is 0 Å². The summed E-state index contributed by atoms with van der Waals surface area (Å²) in [5.74, 6) is 0.0310. The highest BCUT2D eigenvalue weighted by molar-refractivity contribution is 6.59. The number of hydrogen-bond donors (Lipinski definition) is 4. The van der Waals surface area contributed by atoms with Crippen LogP contribution in [0.3, 0.4) is 0 Å². The molecule has 8 nitrogen and oxygen atoms in total. The van der Waals surface area contributed by atoms with E-state index in [0.717, 1.165) is 6.42 Å². The molecule has 31 heavy (non-hydrogen) atoms. The average molecular weight is 432 g/mol. The second kappa shape index (κ2) is 8.66. The lowest BCUT2D eigenvalue weighted by Crippen LogP contribution is -2.65. The zero-order chi connectivity index (χ0) is 23.1. The van der Waals surface area contributed by atoms with Crippen molar-refractivity contribution >= 4 is 30.9 Å². The van der Waals surface area contributed by atoms with Crippen LogP contribution in [0.5, 0.6) is 0 Å². The van der Waals surface area contributed by atoms with Crippen LogP contribution in [0, 0.1) is 34.0 Å². The van der Waals surface area contributed by atoms with Crippen LogP contribution in [-0.2, 0) is 18.9 Å². The fourth-order valence-corrected chi connectivity index (χ4v) is 5.75. The quantitative estimate of drug-likeness (QED) is 0.330. The summed E-state index contributed by atoms with van der Waals surface area (Å²) in [7, 11) is -0.524. The second-order valence-electron chi connectivity index (χ2n) is 10.6. The maximum atomic E-state index is 13.0. The van der Waals surface area contributed by atoms with E-state index in [2.05, 4.69) is 45.3 Å². The molecule has 0 aromatic rings. The van der Waals surface area contributed by atoms with Crippen molar-refractivity contribution in [1.82, 2.24) is 10.6 Å². The molecule has 0 spiro atoms. The molecule has 2 amide bonds. The fourth-order valence-electron chi connectivity index (χ4n) is 5.75. The van der Waals surface area contributed by atoms with Crippen molar-refractivity contribution in [1.29, 1.82) is 10.8 Å². The number of hydrogen-bond acceptors (Lipinski definition) is 6. The Morgan fingerprint density at radius 1 is 1.23 bits per heavy atom. The molecule has 4 rings (SSSR count). The predicted octanol–water partition coefficient (Wildman–Crippen LogP) is 2.35. The second-order valence-corrected chi connectivity index (χ2v) is 10.6. The molecule has 0 radical (unpaired) electrons. The third-order valence-electron chi connectivity index (χ3n) is 7.77. The van der Waals surface area contributed by atoms with E-state index < -0.39 is 24.8 Å². The van der Waals surface area contributed by atoms with E-state index in [1.54, 1.807) is 6.92 Å². The molecule has 3 aliphatic carbocycles. The van der Waals surface area contributed by atoms with Gasteiger partial charge in [0.25, 0.3) is 5.91 Å². The first kappa shape index (κ1) is 23.9. The third-order valence-corrected chi connectivity index (χ3v) is 7.77. The van der Waals surface area contributed by atoms with E-state index in [4.69, 9.17) is 20.1 Å². The topological polar surface area (TPSA) is 124 Å². The van der Waals surface area contributed by atoms with Gasteiger partial charge in [-0.3, -0.25) is 15.0 Å².